The van der Waals surface area contributed by atoms with Crippen molar-refractivity contribution in [3.63, 3.8) is 0 Å². The molecule has 0 rings (SSSR count). The summed E-state index contributed by atoms with van der Waals surface area (Å²) < 4.78 is 0. The Labute approximate surface area is 63.7 Å². The first kappa shape index (κ1) is 15.8. The molecular formula is C3H6OOsZn. The van der Waals surface area contributed by atoms with E-state index in [0.29, 0.717) is 0 Å². The summed E-state index contributed by atoms with van der Waals surface area (Å²) in [4.78, 5) is 9.44. The SMILES string of the molecule is CC(C)=O.[Os].[Zn]. The van der Waals surface area contributed by atoms with Crippen LogP contribution in [0.5, 0.6) is 0 Å². The Kier molecular flexibility index (Phi) is 24.5. The molecule has 0 spiro atoms. The van der Waals surface area contributed by atoms with Crippen molar-refractivity contribution in [3.8, 4) is 0 Å². The fourth-order valence-corrected chi connectivity index (χ4v) is 0. The zero-order valence-electron chi connectivity index (χ0n) is 3.97. The van der Waals surface area contributed by atoms with E-state index in [0.717, 1.165) is 0 Å². The van der Waals surface area contributed by atoms with Gasteiger partial charge in [-0.1, -0.05) is 0 Å². The fraction of sp³-hybridized carbons (Fsp3) is 0.667. The molecule has 0 heterocycles. The maximum Gasteiger partial charge on any atom is 0.126 e. The van der Waals surface area contributed by atoms with Crippen molar-refractivity contribution in [2.75, 3.05) is 0 Å². The van der Waals surface area contributed by atoms with Crippen molar-refractivity contribution in [1.29, 1.82) is 0 Å². The van der Waals surface area contributed by atoms with Crippen LogP contribution in [0.25, 0.3) is 0 Å². The Morgan fingerprint density at radius 1 is 1.33 bits per heavy atom. The molecule has 0 N–H and O–H groups in total. The van der Waals surface area contributed by atoms with Gasteiger partial charge < -0.3 is 4.79 Å². The van der Waals surface area contributed by atoms with Crippen LogP contribution < -0.4 is 0 Å². The van der Waals surface area contributed by atoms with Crippen molar-refractivity contribution in [1.82, 2.24) is 0 Å². The molecule has 3 heteroatoms. The molecule has 0 aromatic heterocycles. The standard InChI is InChI=1S/C3H6O.Os.Zn/c1-3(2)4;;/h1-2H3;;. The van der Waals surface area contributed by atoms with E-state index >= 15 is 0 Å². The van der Waals surface area contributed by atoms with Crippen molar-refractivity contribution in [2.45, 2.75) is 13.8 Å². The van der Waals surface area contributed by atoms with E-state index in [4.69, 9.17) is 0 Å². The van der Waals surface area contributed by atoms with Gasteiger partial charge in [-0.05, 0) is 13.8 Å². The molecule has 0 atom stereocenters. The summed E-state index contributed by atoms with van der Waals surface area (Å²) in [7, 11) is 0. The molecule has 0 aromatic rings. The Hall–Kier alpha value is 0.930. The molecule has 0 unspecified atom stereocenters. The van der Waals surface area contributed by atoms with Gasteiger partial charge >= 0.3 is 0 Å². The van der Waals surface area contributed by atoms with Crippen LogP contribution in [0.3, 0.4) is 0 Å². The summed E-state index contributed by atoms with van der Waals surface area (Å²) in [5.41, 5.74) is 0. The normalized spacial score (nSPS) is 4.33. The van der Waals surface area contributed by atoms with Gasteiger partial charge in [-0.15, -0.1) is 0 Å². The molecule has 0 aliphatic carbocycles. The second-order valence-corrected chi connectivity index (χ2v) is 0.908. The molecule has 0 saturated carbocycles. The van der Waals surface area contributed by atoms with Gasteiger partial charge in [-0.2, -0.15) is 0 Å². The molecule has 0 radical (unpaired) electrons. The zero-order valence-corrected chi connectivity index (χ0v) is 9.48. The second kappa shape index (κ2) is 9.33. The molecule has 1 nitrogen and oxygen atoms in total. The van der Waals surface area contributed by atoms with Crippen molar-refractivity contribution in [2.24, 2.45) is 0 Å². The first-order valence-electron chi connectivity index (χ1n) is 1.20. The van der Waals surface area contributed by atoms with E-state index in [2.05, 4.69) is 0 Å². The third-order valence-electron chi connectivity index (χ3n) is 0. The van der Waals surface area contributed by atoms with Gasteiger partial charge in [0, 0.05) is 39.3 Å². The molecule has 34 valence electrons. The van der Waals surface area contributed by atoms with Gasteiger partial charge in [0.15, 0.2) is 0 Å². The average molecular weight is 314 g/mol. The minimum absolute atomic E-state index is 0. The van der Waals surface area contributed by atoms with Gasteiger partial charge in [0.25, 0.3) is 0 Å². The number of ketones is 1. The number of carbonyl (C=O) groups excluding carboxylic acids is 1. The smallest absolute Gasteiger partial charge is 0.126 e. The quantitative estimate of drug-likeness (QED) is 0.598. The number of hydrogen-bond donors (Lipinski definition) is 0. The molecule has 0 amide bonds. The third kappa shape index (κ3) is 88.1. The van der Waals surface area contributed by atoms with E-state index in [1.807, 2.05) is 0 Å². The van der Waals surface area contributed by atoms with Crippen LogP contribution in [0.15, 0.2) is 0 Å². The van der Waals surface area contributed by atoms with Crippen molar-refractivity contribution >= 4 is 5.78 Å². The van der Waals surface area contributed by atoms with Crippen LogP contribution in [0.2, 0.25) is 0 Å². The summed E-state index contributed by atoms with van der Waals surface area (Å²) >= 11 is 0. The third-order valence-corrected chi connectivity index (χ3v) is 0. The minimum atomic E-state index is 0. The monoisotopic (exact) mass is 314 g/mol. The topological polar surface area (TPSA) is 17.1 Å². The maximum atomic E-state index is 9.44. The Balaban J connectivity index is -0.0000000450. The predicted molar refractivity (Wildman–Crippen MR) is 16.4 cm³/mol. The van der Waals surface area contributed by atoms with Crippen LogP contribution in [-0.4, -0.2) is 5.78 Å². The number of rotatable bonds is 0. The number of hydrogen-bond acceptors (Lipinski definition) is 1. The first-order chi connectivity index (χ1) is 1.73. The van der Waals surface area contributed by atoms with E-state index in [9.17, 15) is 4.79 Å². The zero-order chi connectivity index (χ0) is 3.58. The molecular weight excluding hydrogens is 308 g/mol. The number of carbonyl (C=O) groups is 1. The van der Waals surface area contributed by atoms with Crippen LogP contribution in [0.4, 0.5) is 0 Å². The summed E-state index contributed by atoms with van der Waals surface area (Å²) in [5, 5.41) is 0. The molecule has 0 bridgehead atoms. The fourth-order valence-electron chi connectivity index (χ4n) is 0. The van der Waals surface area contributed by atoms with Crippen LogP contribution in [0.1, 0.15) is 13.8 Å². The maximum absolute atomic E-state index is 9.44. The van der Waals surface area contributed by atoms with Gasteiger partial charge in [-0.3, -0.25) is 0 Å². The van der Waals surface area contributed by atoms with Gasteiger partial charge in [0.05, 0.1) is 0 Å². The summed E-state index contributed by atoms with van der Waals surface area (Å²) in [5.74, 6) is 0.167. The van der Waals surface area contributed by atoms with Gasteiger partial charge in [0.2, 0.25) is 0 Å². The summed E-state index contributed by atoms with van der Waals surface area (Å²) in [6.07, 6.45) is 0. The molecule has 0 saturated heterocycles. The summed E-state index contributed by atoms with van der Waals surface area (Å²) in [6.45, 7) is 3.06. The van der Waals surface area contributed by atoms with E-state index < -0.39 is 0 Å². The first-order valence-corrected chi connectivity index (χ1v) is 1.20. The van der Waals surface area contributed by atoms with Crippen molar-refractivity contribution < 1.29 is 44.1 Å². The molecule has 6 heavy (non-hydrogen) atoms. The van der Waals surface area contributed by atoms with E-state index in [1.54, 1.807) is 0 Å². The van der Waals surface area contributed by atoms with E-state index in [1.165, 1.54) is 13.8 Å². The molecule has 0 fully saturated rings. The average Bonchev–Trinajstić information content (AvgIpc) is 0.811. The minimum Gasteiger partial charge on any atom is -0.300 e. The van der Waals surface area contributed by atoms with Gasteiger partial charge in [0.1, 0.15) is 5.78 Å². The number of Topliss-reactive ketones (excluding diaryl/α,β-unsaturated/α-hetero) is 1. The van der Waals surface area contributed by atoms with Gasteiger partial charge in [-0.25, -0.2) is 0 Å². The predicted octanol–water partition coefficient (Wildman–Crippen LogP) is 0.590. The summed E-state index contributed by atoms with van der Waals surface area (Å²) in [6, 6.07) is 0. The molecule has 0 aliphatic rings. The molecule has 0 aromatic carbocycles. The Morgan fingerprint density at radius 2 is 1.33 bits per heavy atom. The van der Waals surface area contributed by atoms with Crippen LogP contribution in [-0.2, 0) is 44.1 Å². The second-order valence-electron chi connectivity index (χ2n) is 0.908. The van der Waals surface area contributed by atoms with Crippen molar-refractivity contribution in [3.05, 3.63) is 0 Å². The Bertz CT molecular complexity index is 33.8. The van der Waals surface area contributed by atoms with E-state index in [-0.39, 0.29) is 45.1 Å². The molecule has 0 aliphatic heterocycles. The largest absolute Gasteiger partial charge is 0.300 e. The van der Waals surface area contributed by atoms with Crippen LogP contribution in [0, 0.1) is 0 Å². The van der Waals surface area contributed by atoms with Crippen LogP contribution >= 0.6 is 0 Å². The Morgan fingerprint density at radius 3 is 1.33 bits per heavy atom.